The Balaban J connectivity index is 2.41. The van der Waals surface area contributed by atoms with Crippen LogP contribution >= 0.6 is 34.5 Å². The maximum absolute atomic E-state index is 6.37. The monoisotopic (exact) mass is 327 g/mol. The highest BCUT2D eigenvalue weighted by Gasteiger charge is 2.20. The van der Waals surface area contributed by atoms with Crippen LogP contribution in [0.25, 0.3) is 0 Å². The SMILES string of the molecule is CCCNC(c1ccc(CC)s1)c1c(Cl)cccc1Cl. The molecule has 1 heterocycles. The Morgan fingerprint density at radius 3 is 2.35 bits per heavy atom. The van der Waals surface area contributed by atoms with Crippen molar-refractivity contribution in [2.45, 2.75) is 32.7 Å². The first kappa shape index (κ1) is 15.8. The van der Waals surface area contributed by atoms with E-state index in [9.17, 15) is 0 Å². The van der Waals surface area contributed by atoms with Crippen molar-refractivity contribution in [3.63, 3.8) is 0 Å². The molecule has 1 aromatic carbocycles. The lowest BCUT2D eigenvalue weighted by molar-refractivity contribution is 0.606. The standard InChI is InChI=1S/C16H19Cl2NS/c1-3-10-19-16(14-9-8-11(4-2)20-14)15-12(17)6-5-7-13(15)18/h5-9,16,19H,3-4,10H2,1-2H3. The van der Waals surface area contributed by atoms with Gasteiger partial charge in [-0.05, 0) is 43.7 Å². The maximum Gasteiger partial charge on any atom is 0.0700 e. The molecule has 0 fully saturated rings. The number of aryl methyl sites for hydroxylation is 1. The first-order valence-electron chi connectivity index (χ1n) is 6.93. The second-order valence-corrected chi connectivity index (χ2v) is 6.69. The molecule has 0 bridgehead atoms. The van der Waals surface area contributed by atoms with Gasteiger partial charge in [0, 0.05) is 25.4 Å². The van der Waals surface area contributed by atoms with Crippen molar-refractivity contribution in [2.75, 3.05) is 6.54 Å². The zero-order chi connectivity index (χ0) is 14.5. The second kappa shape index (κ2) is 7.46. The minimum atomic E-state index is 0.0708. The van der Waals surface area contributed by atoms with Gasteiger partial charge in [-0.1, -0.05) is 43.1 Å². The van der Waals surface area contributed by atoms with Gasteiger partial charge in [0.2, 0.25) is 0 Å². The van der Waals surface area contributed by atoms with E-state index in [1.165, 1.54) is 9.75 Å². The number of rotatable bonds is 6. The fourth-order valence-corrected chi connectivity index (χ4v) is 3.81. The summed E-state index contributed by atoms with van der Waals surface area (Å²) >= 11 is 14.6. The molecular formula is C16H19Cl2NS. The number of hydrogen-bond acceptors (Lipinski definition) is 2. The van der Waals surface area contributed by atoms with Crippen LogP contribution in [0.4, 0.5) is 0 Å². The third-order valence-corrected chi connectivity index (χ3v) is 5.16. The molecule has 0 saturated carbocycles. The average molecular weight is 328 g/mol. The topological polar surface area (TPSA) is 12.0 Å². The van der Waals surface area contributed by atoms with Crippen molar-refractivity contribution < 1.29 is 0 Å². The second-order valence-electron chi connectivity index (χ2n) is 4.68. The predicted octanol–water partition coefficient (Wildman–Crippen LogP) is 5.71. The number of benzene rings is 1. The molecule has 0 amide bonds. The summed E-state index contributed by atoms with van der Waals surface area (Å²) in [6.45, 7) is 5.27. The van der Waals surface area contributed by atoms with Crippen molar-refractivity contribution >= 4 is 34.5 Å². The molecule has 0 aliphatic heterocycles. The van der Waals surface area contributed by atoms with E-state index < -0.39 is 0 Å². The van der Waals surface area contributed by atoms with Crippen LogP contribution in [0.2, 0.25) is 10.0 Å². The summed E-state index contributed by atoms with van der Waals surface area (Å²) < 4.78 is 0. The number of nitrogens with one attached hydrogen (secondary N) is 1. The maximum atomic E-state index is 6.37. The third-order valence-electron chi connectivity index (χ3n) is 3.20. The van der Waals surface area contributed by atoms with E-state index in [2.05, 4.69) is 31.3 Å². The van der Waals surface area contributed by atoms with E-state index in [-0.39, 0.29) is 6.04 Å². The van der Waals surface area contributed by atoms with Gasteiger partial charge in [0.1, 0.15) is 0 Å². The lowest BCUT2D eigenvalue weighted by Crippen LogP contribution is -2.23. The Hall–Kier alpha value is -0.540. The quantitative estimate of drug-likeness (QED) is 0.716. The molecule has 1 nitrogen and oxygen atoms in total. The van der Waals surface area contributed by atoms with Gasteiger partial charge in [0.15, 0.2) is 0 Å². The first-order valence-corrected chi connectivity index (χ1v) is 8.50. The van der Waals surface area contributed by atoms with Crippen LogP contribution in [0.5, 0.6) is 0 Å². The molecule has 0 saturated heterocycles. The van der Waals surface area contributed by atoms with E-state index in [0.29, 0.717) is 0 Å². The molecule has 1 N–H and O–H groups in total. The largest absolute Gasteiger partial charge is 0.306 e. The fourth-order valence-electron chi connectivity index (χ4n) is 2.16. The molecular weight excluding hydrogens is 309 g/mol. The summed E-state index contributed by atoms with van der Waals surface area (Å²) in [6, 6.07) is 10.1. The lowest BCUT2D eigenvalue weighted by Gasteiger charge is -2.20. The summed E-state index contributed by atoms with van der Waals surface area (Å²) in [5.74, 6) is 0. The molecule has 1 unspecified atom stereocenters. The van der Waals surface area contributed by atoms with Crippen LogP contribution in [-0.4, -0.2) is 6.54 Å². The van der Waals surface area contributed by atoms with Gasteiger partial charge in [-0.25, -0.2) is 0 Å². The average Bonchev–Trinajstić information content (AvgIpc) is 2.90. The number of thiophene rings is 1. The molecule has 4 heteroatoms. The number of halogens is 2. The summed E-state index contributed by atoms with van der Waals surface area (Å²) in [4.78, 5) is 2.65. The van der Waals surface area contributed by atoms with Gasteiger partial charge >= 0.3 is 0 Å². The lowest BCUT2D eigenvalue weighted by atomic mass is 10.0. The molecule has 1 atom stereocenters. The minimum Gasteiger partial charge on any atom is -0.306 e. The molecule has 2 aromatic rings. The van der Waals surface area contributed by atoms with Crippen LogP contribution < -0.4 is 5.32 Å². The Labute approximate surface area is 134 Å². The van der Waals surface area contributed by atoms with Gasteiger partial charge in [0.05, 0.1) is 6.04 Å². The molecule has 2 rings (SSSR count). The summed E-state index contributed by atoms with van der Waals surface area (Å²) in [6.07, 6.45) is 2.13. The summed E-state index contributed by atoms with van der Waals surface area (Å²) in [7, 11) is 0. The van der Waals surface area contributed by atoms with Crippen LogP contribution in [-0.2, 0) is 6.42 Å². The Morgan fingerprint density at radius 1 is 1.10 bits per heavy atom. The highest BCUT2D eigenvalue weighted by molar-refractivity contribution is 7.12. The van der Waals surface area contributed by atoms with Gasteiger partial charge in [-0.2, -0.15) is 0 Å². The highest BCUT2D eigenvalue weighted by Crippen LogP contribution is 2.36. The zero-order valence-corrected chi connectivity index (χ0v) is 14.1. The molecule has 0 radical (unpaired) electrons. The van der Waals surface area contributed by atoms with Gasteiger partial charge in [0.25, 0.3) is 0 Å². The molecule has 1 aromatic heterocycles. The highest BCUT2D eigenvalue weighted by atomic mass is 35.5. The first-order chi connectivity index (χ1) is 9.67. The fraction of sp³-hybridized carbons (Fsp3) is 0.375. The van der Waals surface area contributed by atoms with Crippen molar-refractivity contribution in [2.24, 2.45) is 0 Å². The van der Waals surface area contributed by atoms with E-state index in [1.54, 1.807) is 0 Å². The number of hydrogen-bond donors (Lipinski definition) is 1. The summed E-state index contributed by atoms with van der Waals surface area (Å²) in [5, 5.41) is 5.00. The zero-order valence-electron chi connectivity index (χ0n) is 11.7. The normalized spacial score (nSPS) is 12.6. The van der Waals surface area contributed by atoms with E-state index in [0.717, 1.165) is 35.0 Å². The Kier molecular flexibility index (Phi) is 5.91. The van der Waals surface area contributed by atoms with Gasteiger partial charge < -0.3 is 5.32 Å². The van der Waals surface area contributed by atoms with Crippen molar-refractivity contribution in [1.29, 1.82) is 0 Å². The van der Waals surface area contributed by atoms with Crippen molar-refractivity contribution in [1.82, 2.24) is 5.32 Å². The molecule has 0 aliphatic rings. The predicted molar refractivity (Wildman–Crippen MR) is 90.3 cm³/mol. The van der Waals surface area contributed by atoms with Crippen molar-refractivity contribution in [3.8, 4) is 0 Å². The smallest absolute Gasteiger partial charge is 0.0700 e. The molecule has 0 aliphatic carbocycles. The van der Waals surface area contributed by atoms with E-state index in [4.69, 9.17) is 23.2 Å². The molecule has 108 valence electrons. The van der Waals surface area contributed by atoms with Gasteiger partial charge in [-0.3, -0.25) is 0 Å². The van der Waals surface area contributed by atoms with Crippen molar-refractivity contribution in [3.05, 3.63) is 55.7 Å². The minimum absolute atomic E-state index is 0.0708. The Bertz CT molecular complexity index is 545. The summed E-state index contributed by atoms with van der Waals surface area (Å²) in [5.41, 5.74) is 0.980. The van der Waals surface area contributed by atoms with Crippen LogP contribution in [0.3, 0.4) is 0 Å². The van der Waals surface area contributed by atoms with Gasteiger partial charge in [-0.15, -0.1) is 11.3 Å². The van der Waals surface area contributed by atoms with E-state index >= 15 is 0 Å². The van der Waals surface area contributed by atoms with Crippen LogP contribution in [0.1, 0.15) is 41.6 Å². The van der Waals surface area contributed by atoms with Crippen LogP contribution in [0.15, 0.2) is 30.3 Å². The Morgan fingerprint density at radius 2 is 1.80 bits per heavy atom. The third kappa shape index (κ3) is 3.56. The van der Waals surface area contributed by atoms with E-state index in [1.807, 2.05) is 29.5 Å². The molecule has 0 spiro atoms. The van der Waals surface area contributed by atoms with Crippen LogP contribution in [0, 0.1) is 0 Å². The molecule has 20 heavy (non-hydrogen) atoms.